The maximum Gasteiger partial charge on any atom is 0.297 e. The summed E-state index contributed by atoms with van der Waals surface area (Å²) in [5.74, 6) is 0. The summed E-state index contributed by atoms with van der Waals surface area (Å²) < 4.78 is 45.3. The topological polar surface area (TPSA) is 83.1 Å². The van der Waals surface area contributed by atoms with Crippen molar-refractivity contribution >= 4 is 10.1 Å². The van der Waals surface area contributed by atoms with Crippen LogP contribution in [-0.2, 0) is 28.5 Å². The molecule has 0 bridgehead atoms. The highest BCUT2D eigenvalue weighted by atomic mass is 32.2. The fourth-order valence-corrected chi connectivity index (χ4v) is 3.43. The molecule has 0 saturated carbocycles. The molecule has 1 fully saturated rings. The fourth-order valence-electron chi connectivity index (χ4n) is 2.53. The number of ether oxygens (including phenoxy) is 3. The van der Waals surface area contributed by atoms with Crippen LogP contribution in [0, 0.1) is 6.92 Å². The predicted octanol–water partition coefficient (Wildman–Crippen LogP) is 1.50. The molecular formula is C18H29NO6S. The number of piperidine rings is 1. The molecule has 1 heterocycles. The summed E-state index contributed by atoms with van der Waals surface area (Å²) in [6.07, 6.45) is 2.44. The Bertz CT molecular complexity index is 599. The van der Waals surface area contributed by atoms with Gasteiger partial charge in [0.1, 0.15) is 0 Å². The number of benzene rings is 1. The van der Waals surface area contributed by atoms with Gasteiger partial charge in [-0.25, -0.2) is 0 Å². The molecule has 1 saturated heterocycles. The summed E-state index contributed by atoms with van der Waals surface area (Å²) in [4.78, 5) is 0.153. The lowest BCUT2D eigenvalue weighted by molar-refractivity contribution is -0.0213. The molecule has 0 aliphatic carbocycles. The van der Waals surface area contributed by atoms with Crippen molar-refractivity contribution in [1.29, 1.82) is 0 Å². The molecule has 0 amide bonds. The van der Waals surface area contributed by atoms with Crippen LogP contribution < -0.4 is 5.32 Å². The van der Waals surface area contributed by atoms with E-state index in [0.29, 0.717) is 32.5 Å². The molecule has 1 aliphatic rings. The van der Waals surface area contributed by atoms with Crippen molar-refractivity contribution in [3.8, 4) is 0 Å². The monoisotopic (exact) mass is 387 g/mol. The highest BCUT2D eigenvalue weighted by molar-refractivity contribution is 7.86. The van der Waals surface area contributed by atoms with E-state index >= 15 is 0 Å². The van der Waals surface area contributed by atoms with E-state index in [1.165, 1.54) is 12.1 Å². The lowest BCUT2D eigenvalue weighted by Crippen LogP contribution is -2.33. The first-order chi connectivity index (χ1) is 12.6. The Balaban J connectivity index is 1.44. The van der Waals surface area contributed by atoms with Gasteiger partial charge in [0.15, 0.2) is 0 Å². The minimum absolute atomic E-state index is 0.0188. The van der Waals surface area contributed by atoms with Crippen molar-refractivity contribution in [1.82, 2.24) is 5.32 Å². The molecule has 26 heavy (non-hydrogen) atoms. The van der Waals surface area contributed by atoms with E-state index in [4.69, 9.17) is 18.4 Å². The van der Waals surface area contributed by atoms with Gasteiger partial charge in [-0.15, -0.1) is 0 Å². The van der Waals surface area contributed by atoms with Gasteiger partial charge in [0, 0.05) is 0 Å². The quantitative estimate of drug-likeness (QED) is 0.430. The van der Waals surface area contributed by atoms with Crippen molar-refractivity contribution in [2.45, 2.75) is 30.8 Å². The Labute approximate surface area is 156 Å². The zero-order valence-corrected chi connectivity index (χ0v) is 16.1. The highest BCUT2D eigenvalue weighted by Gasteiger charge is 2.14. The zero-order valence-electron chi connectivity index (χ0n) is 15.3. The molecule has 8 heteroatoms. The summed E-state index contributed by atoms with van der Waals surface area (Å²) >= 11 is 0. The summed E-state index contributed by atoms with van der Waals surface area (Å²) in [6.45, 7) is 6.06. The van der Waals surface area contributed by atoms with Gasteiger partial charge in [-0.1, -0.05) is 17.7 Å². The minimum atomic E-state index is -3.72. The van der Waals surface area contributed by atoms with Gasteiger partial charge in [0.05, 0.1) is 50.6 Å². The summed E-state index contributed by atoms with van der Waals surface area (Å²) in [6, 6.07) is 6.54. The lowest BCUT2D eigenvalue weighted by atomic mass is 10.1. The van der Waals surface area contributed by atoms with Crippen molar-refractivity contribution < 1.29 is 26.8 Å². The number of aryl methyl sites for hydroxylation is 1. The molecule has 0 aromatic heterocycles. The summed E-state index contributed by atoms with van der Waals surface area (Å²) in [5, 5.41) is 3.29. The van der Waals surface area contributed by atoms with Gasteiger partial charge in [0.25, 0.3) is 10.1 Å². The maximum atomic E-state index is 12.0. The van der Waals surface area contributed by atoms with E-state index in [9.17, 15) is 8.42 Å². The second-order valence-electron chi connectivity index (χ2n) is 6.13. The van der Waals surface area contributed by atoms with Crippen molar-refractivity contribution in [2.24, 2.45) is 0 Å². The van der Waals surface area contributed by atoms with Crippen molar-refractivity contribution in [3.05, 3.63) is 29.8 Å². The lowest BCUT2D eigenvalue weighted by Gasteiger charge is -2.22. The van der Waals surface area contributed by atoms with Crippen LogP contribution in [0.4, 0.5) is 0 Å². The average molecular weight is 387 g/mol. The molecule has 0 unspecified atom stereocenters. The summed E-state index contributed by atoms with van der Waals surface area (Å²) in [5.41, 5.74) is 0.994. The van der Waals surface area contributed by atoms with Crippen LogP contribution in [0.2, 0.25) is 0 Å². The fraction of sp³-hybridized carbons (Fsp3) is 0.667. The molecule has 2 rings (SSSR count). The van der Waals surface area contributed by atoms with E-state index < -0.39 is 10.1 Å². The smallest absolute Gasteiger partial charge is 0.297 e. The number of rotatable bonds is 12. The SMILES string of the molecule is Cc1ccc(S(=O)(=O)OCCOCCOCCOC2CCNCC2)cc1. The first-order valence-electron chi connectivity index (χ1n) is 9.02. The van der Waals surface area contributed by atoms with Gasteiger partial charge in [-0.2, -0.15) is 8.42 Å². The van der Waals surface area contributed by atoms with Crippen molar-refractivity contribution in [2.75, 3.05) is 52.7 Å². The van der Waals surface area contributed by atoms with Crippen LogP contribution in [0.25, 0.3) is 0 Å². The molecular weight excluding hydrogens is 358 g/mol. The highest BCUT2D eigenvalue weighted by Crippen LogP contribution is 2.12. The van der Waals surface area contributed by atoms with Gasteiger partial charge in [-0.3, -0.25) is 4.18 Å². The molecule has 1 aromatic rings. The number of nitrogens with one attached hydrogen (secondary N) is 1. The predicted molar refractivity (Wildman–Crippen MR) is 97.8 cm³/mol. The third kappa shape index (κ3) is 8.11. The van der Waals surface area contributed by atoms with E-state index in [1.807, 2.05) is 6.92 Å². The Morgan fingerprint density at radius 1 is 0.923 bits per heavy atom. The largest absolute Gasteiger partial charge is 0.377 e. The van der Waals surface area contributed by atoms with Crippen LogP contribution >= 0.6 is 0 Å². The molecule has 0 spiro atoms. The standard InChI is InChI=1S/C18H29NO6S/c1-16-2-4-18(5-3-16)26(20,21)25-15-13-23-11-10-22-12-14-24-17-6-8-19-9-7-17/h2-5,17,19H,6-15H2,1H3. The van der Waals surface area contributed by atoms with Crippen molar-refractivity contribution in [3.63, 3.8) is 0 Å². The minimum Gasteiger partial charge on any atom is -0.377 e. The Hall–Kier alpha value is -1.03. The number of hydrogen-bond donors (Lipinski definition) is 1. The van der Waals surface area contributed by atoms with Crippen LogP contribution in [0.5, 0.6) is 0 Å². The van der Waals surface area contributed by atoms with E-state index in [2.05, 4.69) is 5.32 Å². The van der Waals surface area contributed by atoms with E-state index in [-0.39, 0.29) is 18.1 Å². The van der Waals surface area contributed by atoms with E-state index in [1.54, 1.807) is 12.1 Å². The first kappa shape index (κ1) is 21.3. The zero-order chi connectivity index (χ0) is 18.7. The van der Waals surface area contributed by atoms with Gasteiger partial charge in [0.2, 0.25) is 0 Å². The van der Waals surface area contributed by atoms with Crippen LogP contribution in [0.1, 0.15) is 18.4 Å². The third-order valence-electron chi connectivity index (χ3n) is 4.02. The third-order valence-corrected chi connectivity index (χ3v) is 5.34. The van der Waals surface area contributed by atoms with Crippen LogP contribution in [-0.4, -0.2) is 67.3 Å². The second-order valence-corrected chi connectivity index (χ2v) is 7.75. The first-order valence-corrected chi connectivity index (χ1v) is 10.4. The van der Waals surface area contributed by atoms with Crippen LogP contribution in [0.15, 0.2) is 29.2 Å². The normalized spacial score (nSPS) is 16.0. The van der Waals surface area contributed by atoms with Crippen LogP contribution in [0.3, 0.4) is 0 Å². The molecule has 148 valence electrons. The van der Waals surface area contributed by atoms with E-state index in [0.717, 1.165) is 31.5 Å². The Kier molecular flexibility index (Phi) is 9.52. The maximum absolute atomic E-state index is 12.0. The van der Waals surface area contributed by atoms with Gasteiger partial charge in [-0.05, 0) is 45.0 Å². The Morgan fingerprint density at radius 2 is 1.50 bits per heavy atom. The van der Waals surface area contributed by atoms with Gasteiger partial charge >= 0.3 is 0 Å². The molecule has 0 radical (unpaired) electrons. The average Bonchev–Trinajstić information content (AvgIpc) is 2.64. The summed E-state index contributed by atoms with van der Waals surface area (Å²) in [7, 11) is -3.72. The molecule has 7 nitrogen and oxygen atoms in total. The number of hydrogen-bond acceptors (Lipinski definition) is 7. The molecule has 1 aliphatic heterocycles. The molecule has 1 aromatic carbocycles. The second kappa shape index (κ2) is 11.6. The molecule has 0 atom stereocenters. The van der Waals surface area contributed by atoms with Gasteiger partial charge < -0.3 is 19.5 Å². The molecule has 1 N–H and O–H groups in total. The Morgan fingerprint density at radius 3 is 2.15 bits per heavy atom.